The number of esters is 1. The van der Waals surface area contributed by atoms with Crippen molar-refractivity contribution in [3.05, 3.63) is 52.0 Å². The fourth-order valence-corrected chi connectivity index (χ4v) is 3.05. The molecule has 0 aliphatic heterocycles. The van der Waals surface area contributed by atoms with Crippen molar-refractivity contribution < 1.29 is 28.6 Å². The van der Waals surface area contributed by atoms with E-state index in [1.54, 1.807) is 12.1 Å². The average Bonchev–Trinajstić information content (AvgIpc) is 2.72. The Morgan fingerprint density at radius 1 is 1.00 bits per heavy atom. The second kappa shape index (κ2) is 10.5. The lowest BCUT2D eigenvalue weighted by Crippen LogP contribution is -2.32. The van der Waals surface area contributed by atoms with Gasteiger partial charge in [0.2, 0.25) is 0 Å². The molecule has 2 N–H and O–H groups in total. The maximum Gasteiger partial charge on any atom is 0.325 e. The van der Waals surface area contributed by atoms with Gasteiger partial charge in [-0.05, 0) is 49.2 Å². The summed E-state index contributed by atoms with van der Waals surface area (Å²) in [5.74, 6) is -0.939. The highest BCUT2D eigenvalue weighted by Crippen LogP contribution is 2.28. The first-order valence-corrected chi connectivity index (χ1v) is 9.35. The number of carbonyl (C=O) groups excluding carboxylic acids is 3. The van der Waals surface area contributed by atoms with Gasteiger partial charge in [-0.2, -0.15) is 0 Å². The molecule has 0 bridgehead atoms. The molecule has 0 aliphatic carbocycles. The summed E-state index contributed by atoms with van der Waals surface area (Å²) in [4.78, 5) is 36.1. The Bertz CT molecular complexity index is 938. The molecule has 0 heterocycles. The minimum Gasteiger partial charge on any atom is -0.493 e. The first-order chi connectivity index (χ1) is 14.2. The third-order valence-corrected chi connectivity index (χ3v) is 4.40. The fraction of sp³-hybridized carbons (Fsp3) is 0.286. The maximum atomic E-state index is 12.2. The van der Waals surface area contributed by atoms with Gasteiger partial charge < -0.3 is 24.8 Å². The molecule has 8 nitrogen and oxygen atoms in total. The number of amides is 2. The summed E-state index contributed by atoms with van der Waals surface area (Å²) in [7, 11) is 2.94. The first kappa shape index (κ1) is 23.0. The van der Waals surface area contributed by atoms with Crippen molar-refractivity contribution in [2.75, 3.05) is 32.7 Å². The molecule has 0 unspecified atom stereocenters. The van der Waals surface area contributed by atoms with Crippen LogP contribution in [-0.4, -0.2) is 45.2 Å². The summed E-state index contributed by atoms with van der Waals surface area (Å²) in [5, 5.41) is 5.43. The number of methoxy groups -OCH3 is 2. The van der Waals surface area contributed by atoms with Crippen molar-refractivity contribution in [2.24, 2.45) is 0 Å². The number of benzene rings is 2. The number of ether oxygens (including phenoxy) is 3. The van der Waals surface area contributed by atoms with Gasteiger partial charge in [0.25, 0.3) is 11.8 Å². The van der Waals surface area contributed by atoms with E-state index in [4.69, 9.17) is 25.8 Å². The maximum absolute atomic E-state index is 12.2. The van der Waals surface area contributed by atoms with Gasteiger partial charge in [0.15, 0.2) is 18.1 Å². The van der Waals surface area contributed by atoms with Gasteiger partial charge in [-0.1, -0.05) is 17.7 Å². The highest BCUT2D eigenvalue weighted by atomic mass is 35.5. The van der Waals surface area contributed by atoms with E-state index >= 15 is 0 Å². The van der Waals surface area contributed by atoms with E-state index in [0.29, 0.717) is 22.2 Å². The van der Waals surface area contributed by atoms with Crippen LogP contribution in [0.25, 0.3) is 0 Å². The van der Waals surface area contributed by atoms with Gasteiger partial charge in [0, 0.05) is 5.56 Å². The number of hydrogen-bond acceptors (Lipinski definition) is 6. The monoisotopic (exact) mass is 434 g/mol. The third-order valence-electron chi connectivity index (χ3n) is 4.10. The molecule has 9 heteroatoms. The Hall–Kier alpha value is -3.26. The highest BCUT2D eigenvalue weighted by molar-refractivity contribution is 6.34. The summed E-state index contributed by atoms with van der Waals surface area (Å²) in [6.07, 6.45) is 0. The number of aryl methyl sites for hydroxylation is 2. The number of halogens is 1. The topological polar surface area (TPSA) is 103 Å². The summed E-state index contributed by atoms with van der Waals surface area (Å²) in [6, 6.07) is 8.19. The van der Waals surface area contributed by atoms with Crippen molar-refractivity contribution >= 4 is 35.1 Å². The normalized spacial score (nSPS) is 10.2. The van der Waals surface area contributed by atoms with Crippen LogP contribution in [0, 0.1) is 13.8 Å². The van der Waals surface area contributed by atoms with Gasteiger partial charge in [0.05, 0.1) is 24.9 Å². The van der Waals surface area contributed by atoms with E-state index < -0.39 is 30.9 Å². The van der Waals surface area contributed by atoms with Gasteiger partial charge in [-0.25, -0.2) is 0 Å². The lowest BCUT2D eigenvalue weighted by molar-refractivity contribution is -0.146. The molecule has 2 rings (SSSR count). The number of carbonyl (C=O) groups is 3. The second-order valence-electron chi connectivity index (χ2n) is 6.40. The quantitative estimate of drug-likeness (QED) is 0.619. The number of rotatable bonds is 8. The Labute approximate surface area is 179 Å². The molecule has 0 aromatic heterocycles. The van der Waals surface area contributed by atoms with Crippen LogP contribution in [0.5, 0.6) is 11.5 Å². The van der Waals surface area contributed by atoms with E-state index in [-0.39, 0.29) is 5.56 Å². The molecule has 0 atom stereocenters. The van der Waals surface area contributed by atoms with Crippen molar-refractivity contribution in [1.82, 2.24) is 5.32 Å². The summed E-state index contributed by atoms with van der Waals surface area (Å²) in [6.45, 7) is 2.80. The lowest BCUT2D eigenvalue weighted by atomic mass is 10.1. The van der Waals surface area contributed by atoms with Gasteiger partial charge in [0.1, 0.15) is 6.54 Å². The minimum absolute atomic E-state index is 0.280. The molecule has 30 heavy (non-hydrogen) atoms. The van der Waals surface area contributed by atoms with E-state index in [0.717, 1.165) is 11.1 Å². The Balaban J connectivity index is 1.83. The lowest BCUT2D eigenvalue weighted by Gasteiger charge is -2.12. The zero-order chi connectivity index (χ0) is 22.3. The Morgan fingerprint density at radius 2 is 1.70 bits per heavy atom. The molecule has 2 aromatic carbocycles. The Kier molecular flexibility index (Phi) is 8.06. The van der Waals surface area contributed by atoms with Crippen molar-refractivity contribution in [2.45, 2.75) is 13.8 Å². The highest BCUT2D eigenvalue weighted by Gasteiger charge is 2.14. The van der Waals surface area contributed by atoms with Crippen molar-refractivity contribution in [3.63, 3.8) is 0 Å². The Morgan fingerprint density at radius 3 is 2.33 bits per heavy atom. The molecule has 0 saturated carbocycles. The zero-order valence-corrected chi connectivity index (χ0v) is 17.9. The minimum atomic E-state index is -0.759. The smallest absolute Gasteiger partial charge is 0.325 e. The van der Waals surface area contributed by atoms with Crippen LogP contribution < -0.4 is 20.1 Å². The van der Waals surface area contributed by atoms with Crippen LogP contribution >= 0.6 is 11.6 Å². The standard InChI is InChI=1S/C21H23ClN2O6/c1-12-7-13(2)20(15(22)8-12)24-18(25)11-30-19(26)10-23-21(27)14-5-6-16(28-3)17(9-14)29-4/h5-9H,10-11H2,1-4H3,(H,23,27)(H,24,25). The molecule has 0 saturated heterocycles. The molecular formula is C21H23ClN2O6. The van der Waals surface area contributed by atoms with Crippen LogP contribution in [0.1, 0.15) is 21.5 Å². The van der Waals surface area contributed by atoms with Gasteiger partial charge >= 0.3 is 5.97 Å². The number of hydrogen-bond donors (Lipinski definition) is 2. The molecule has 160 valence electrons. The van der Waals surface area contributed by atoms with Crippen LogP contribution in [-0.2, 0) is 14.3 Å². The van der Waals surface area contributed by atoms with Crippen LogP contribution in [0.4, 0.5) is 5.69 Å². The molecular weight excluding hydrogens is 412 g/mol. The van der Waals surface area contributed by atoms with E-state index in [2.05, 4.69) is 10.6 Å². The summed E-state index contributed by atoms with van der Waals surface area (Å²) >= 11 is 6.14. The van der Waals surface area contributed by atoms with Gasteiger partial charge in [-0.3, -0.25) is 14.4 Å². The number of anilines is 1. The van der Waals surface area contributed by atoms with E-state index in [1.165, 1.54) is 26.4 Å². The molecule has 0 fully saturated rings. The van der Waals surface area contributed by atoms with Gasteiger partial charge in [-0.15, -0.1) is 0 Å². The fourth-order valence-electron chi connectivity index (χ4n) is 2.68. The molecule has 2 amide bonds. The van der Waals surface area contributed by atoms with E-state index in [1.807, 2.05) is 19.9 Å². The van der Waals surface area contributed by atoms with E-state index in [9.17, 15) is 14.4 Å². The molecule has 2 aromatic rings. The average molecular weight is 435 g/mol. The first-order valence-electron chi connectivity index (χ1n) is 8.97. The van der Waals surface area contributed by atoms with Crippen LogP contribution in [0.2, 0.25) is 5.02 Å². The zero-order valence-electron chi connectivity index (χ0n) is 17.1. The molecule has 0 spiro atoms. The summed E-state index contributed by atoms with van der Waals surface area (Å²) < 4.78 is 15.1. The largest absolute Gasteiger partial charge is 0.493 e. The number of nitrogens with one attached hydrogen (secondary N) is 2. The SMILES string of the molecule is COc1ccc(C(=O)NCC(=O)OCC(=O)Nc2c(C)cc(C)cc2Cl)cc1OC. The predicted molar refractivity (Wildman–Crippen MR) is 112 cm³/mol. The van der Waals surface area contributed by atoms with Crippen molar-refractivity contribution in [1.29, 1.82) is 0 Å². The predicted octanol–water partition coefficient (Wildman–Crippen LogP) is 2.89. The van der Waals surface area contributed by atoms with Crippen LogP contribution in [0.3, 0.4) is 0 Å². The third kappa shape index (κ3) is 6.12. The van der Waals surface area contributed by atoms with Crippen LogP contribution in [0.15, 0.2) is 30.3 Å². The molecule has 0 radical (unpaired) electrons. The molecule has 0 aliphatic rings. The second-order valence-corrected chi connectivity index (χ2v) is 6.81. The summed E-state index contributed by atoms with van der Waals surface area (Å²) in [5.41, 5.74) is 2.50. The van der Waals surface area contributed by atoms with Crippen molar-refractivity contribution in [3.8, 4) is 11.5 Å².